The summed E-state index contributed by atoms with van der Waals surface area (Å²) in [6, 6.07) is 4.06. The number of aliphatic carboxylic acids is 1. The van der Waals surface area contributed by atoms with Gasteiger partial charge in [-0.1, -0.05) is 33.3 Å². The van der Waals surface area contributed by atoms with Crippen LogP contribution in [0.15, 0.2) is 28.9 Å². The monoisotopic (exact) mass is 412 g/mol. The average Bonchev–Trinajstić information content (AvgIpc) is 2.62. The van der Waals surface area contributed by atoms with Crippen molar-refractivity contribution in [2.24, 2.45) is 11.3 Å². The summed E-state index contributed by atoms with van der Waals surface area (Å²) < 4.78 is 0. The molecule has 166 valence electrons. The van der Waals surface area contributed by atoms with Crippen LogP contribution in [0.4, 0.5) is 5.69 Å². The summed E-state index contributed by atoms with van der Waals surface area (Å²) in [6.45, 7) is 13.6. The Morgan fingerprint density at radius 2 is 1.93 bits per heavy atom. The first-order chi connectivity index (χ1) is 13.9. The first-order valence-electron chi connectivity index (χ1n) is 11.1. The summed E-state index contributed by atoms with van der Waals surface area (Å²) in [5, 5.41) is 10.4. The standard InChI is InChI=1S/C26H40N2O2/c1-9-16(2)20-10-11-26(5,6)14-22(20)24(25(29)30)18(4)21-12-17(3)23(27)13-19(21)15-28(7)8/h12-13,16H,9-11,14-15,27H2,1-8H3,(H,29,30)/b24-18-. The van der Waals surface area contributed by atoms with Crippen LogP contribution in [0.5, 0.6) is 0 Å². The molecule has 3 N–H and O–H groups in total. The van der Waals surface area contributed by atoms with Crippen molar-refractivity contribution < 1.29 is 9.90 Å². The molecular weight excluding hydrogens is 372 g/mol. The molecule has 0 saturated heterocycles. The van der Waals surface area contributed by atoms with Crippen LogP contribution in [-0.2, 0) is 11.3 Å². The number of hydrogen-bond donors (Lipinski definition) is 2. The number of allylic oxidation sites excluding steroid dienone is 2. The van der Waals surface area contributed by atoms with Gasteiger partial charge in [-0.05, 0) is 105 Å². The third-order valence-electron chi connectivity index (χ3n) is 6.59. The summed E-state index contributed by atoms with van der Waals surface area (Å²) in [5.41, 5.74) is 13.8. The number of nitrogens with zero attached hydrogens (tertiary/aromatic N) is 1. The molecule has 4 nitrogen and oxygen atoms in total. The van der Waals surface area contributed by atoms with Gasteiger partial charge >= 0.3 is 5.97 Å². The second-order valence-electron chi connectivity index (χ2n) is 10.1. The molecule has 1 aromatic carbocycles. The SMILES string of the molecule is CCC(C)C1=C(/C(C(=O)O)=C(\C)c2cc(C)c(N)cc2CN(C)C)CC(C)(C)CC1. The largest absolute Gasteiger partial charge is 0.478 e. The first kappa shape index (κ1) is 24.2. The molecule has 0 saturated carbocycles. The minimum absolute atomic E-state index is 0.108. The van der Waals surface area contributed by atoms with E-state index in [2.05, 4.69) is 38.7 Å². The lowest BCUT2D eigenvalue weighted by Gasteiger charge is -2.36. The van der Waals surface area contributed by atoms with Gasteiger partial charge in [0.05, 0.1) is 5.57 Å². The number of benzene rings is 1. The molecule has 1 aromatic rings. The summed E-state index contributed by atoms with van der Waals surface area (Å²) in [7, 11) is 4.04. The molecule has 1 unspecified atom stereocenters. The lowest BCUT2D eigenvalue weighted by Crippen LogP contribution is -2.24. The molecule has 2 rings (SSSR count). The number of nitrogens with two attached hydrogens (primary N) is 1. The fourth-order valence-corrected chi connectivity index (χ4v) is 4.59. The van der Waals surface area contributed by atoms with E-state index in [9.17, 15) is 9.90 Å². The van der Waals surface area contributed by atoms with E-state index in [1.807, 2.05) is 34.0 Å². The summed E-state index contributed by atoms with van der Waals surface area (Å²) >= 11 is 0. The zero-order chi connectivity index (χ0) is 22.8. The van der Waals surface area contributed by atoms with Crippen LogP contribution in [0.25, 0.3) is 5.57 Å². The van der Waals surface area contributed by atoms with Crippen LogP contribution in [0.3, 0.4) is 0 Å². The Balaban J connectivity index is 2.81. The van der Waals surface area contributed by atoms with E-state index in [0.717, 1.165) is 59.2 Å². The average molecular weight is 413 g/mol. The highest BCUT2D eigenvalue weighted by molar-refractivity contribution is 6.01. The van der Waals surface area contributed by atoms with Gasteiger partial charge in [0.2, 0.25) is 0 Å². The van der Waals surface area contributed by atoms with Crippen LogP contribution >= 0.6 is 0 Å². The van der Waals surface area contributed by atoms with Gasteiger partial charge in [-0.25, -0.2) is 4.79 Å². The molecule has 0 aliphatic heterocycles. The molecule has 0 fully saturated rings. The van der Waals surface area contributed by atoms with Crippen LogP contribution in [0.2, 0.25) is 0 Å². The van der Waals surface area contributed by atoms with Crippen LogP contribution in [0.1, 0.15) is 77.0 Å². The third kappa shape index (κ3) is 5.34. The summed E-state index contributed by atoms with van der Waals surface area (Å²) in [5.74, 6) is -0.432. The van der Waals surface area contributed by atoms with Crippen molar-refractivity contribution in [3.63, 3.8) is 0 Å². The quantitative estimate of drug-likeness (QED) is 0.422. The number of hydrogen-bond acceptors (Lipinski definition) is 3. The van der Waals surface area contributed by atoms with Gasteiger partial charge < -0.3 is 15.7 Å². The Labute approximate surface area is 182 Å². The number of carbonyl (C=O) groups is 1. The van der Waals surface area contributed by atoms with Crippen LogP contribution in [-0.4, -0.2) is 30.1 Å². The minimum atomic E-state index is -0.828. The van der Waals surface area contributed by atoms with Crippen molar-refractivity contribution in [1.29, 1.82) is 0 Å². The second-order valence-corrected chi connectivity index (χ2v) is 10.1. The van der Waals surface area contributed by atoms with E-state index in [1.165, 1.54) is 5.57 Å². The fourth-order valence-electron chi connectivity index (χ4n) is 4.59. The molecule has 0 amide bonds. The Morgan fingerprint density at radius 1 is 1.30 bits per heavy atom. The number of nitrogen functional groups attached to an aromatic ring is 1. The highest BCUT2D eigenvalue weighted by Gasteiger charge is 2.33. The smallest absolute Gasteiger partial charge is 0.336 e. The van der Waals surface area contributed by atoms with E-state index < -0.39 is 5.97 Å². The van der Waals surface area contributed by atoms with Gasteiger partial charge in [0.15, 0.2) is 0 Å². The Kier molecular flexibility index (Phi) is 7.57. The number of rotatable bonds is 7. The molecule has 30 heavy (non-hydrogen) atoms. The normalized spacial score (nSPS) is 18.4. The highest BCUT2D eigenvalue weighted by atomic mass is 16.4. The van der Waals surface area contributed by atoms with Crippen LogP contribution < -0.4 is 5.73 Å². The topological polar surface area (TPSA) is 66.6 Å². The van der Waals surface area contributed by atoms with Gasteiger partial charge in [0.25, 0.3) is 0 Å². The van der Waals surface area contributed by atoms with Crippen molar-refractivity contribution >= 4 is 17.2 Å². The summed E-state index contributed by atoms with van der Waals surface area (Å²) in [6.07, 6.45) is 3.92. The van der Waals surface area contributed by atoms with Crippen molar-refractivity contribution in [3.05, 3.63) is 45.5 Å². The maximum Gasteiger partial charge on any atom is 0.336 e. The lowest BCUT2D eigenvalue weighted by atomic mass is 9.69. The molecule has 1 atom stereocenters. The van der Waals surface area contributed by atoms with E-state index >= 15 is 0 Å². The molecule has 0 heterocycles. The van der Waals surface area contributed by atoms with E-state index in [1.54, 1.807) is 0 Å². The number of anilines is 1. The van der Waals surface area contributed by atoms with E-state index in [4.69, 9.17) is 5.73 Å². The summed E-state index contributed by atoms with van der Waals surface area (Å²) in [4.78, 5) is 14.7. The predicted molar refractivity (Wildman–Crippen MR) is 127 cm³/mol. The zero-order valence-electron chi connectivity index (χ0n) is 20.1. The minimum Gasteiger partial charge on any atom is -0.478 e. The van der Waals surface area contributed by atoms with Gasteiger partial charge in [0.1, 0.15) is 0 Å². The first-order valence-corrected chi connectivity index (χ1v) is 11.1. The fraction of sp³-hybridized carbons (Fsp3) is 0.577. The van der Waals surface area contributed by atoms with Crippen LogP contribution in [0, 0.1) is 18.3 Å². The van der Waals surface area contributed by atoms with Crippen molar-refractivity contribution in [2.45, 2.75) is 73.8 Å². The molecule has 0 bridgehead atoms. The molecule has 0 spiro atoms. The molecular formula is C26H40N2O2. The number of carboxylic acids is 1. The van der Waals surface area contributed by atoms with E-state index in [-0.39, 0.29) is 5.41 Å². The van der Waals surface area contributed by atoms with Gasteiger partial charge in [-0.3, -0.25) is 0 Å². The Hall–Kier alpha value is -2.07. The van der Waals surface area contributed by atoms with Crippen molar-refractivity contribution in [2.75, 3.05) is 19.8 Å². The maximum absolute atomic E-state index is 12.6. The second kappa shape index (κ2) is 9.38. The van der Waals surface area contributed by atoms with E-state index in [0.29, 0.717) is 18.0 Å². The molecule has 0 radical (unpaired) electrons. The predicted octanol–water partition coefficient (Wildman–Crippen LogP) is 6.05. The van der Waals surface area contributed by atoms with Gasteiger partial charge in [-0.15, -0.1) is 0 Å². The maximum atomic E-state index is 12.6. The zero-order valence-corrected chi connectivity index (χ0v) is 20.1. The number of aryl methyl sites for hydroxylation is 1. The molecule has 0 aromatic heterocycles. The molecule has 4 heteroatoms. The van der Waals surface area contributed by atoms with Crippen molar-refractivity contribution in [3.8, 4) is 0 Å². The van der Waals surface area contributed by atoms with Gasteiger partial charge in [0, 0.05) is 12.2 Å². The highest BCUT2D eigenvalue weighted by Crippen LogP contribution is 2.46. The van der Waals surface area contributed by atoms with Crippen molar-refractivity contribution in [1.82, 2.24) is 4.90 Å². The number of carboxylic acid groups (broad SMARTS) is 1. The molecule has 1 aliphatic rings. The third-order valence-corrected chi connectivity index (χ3v) is 6.59. The lowest BCUT2D eigenvalue weighted by molar-refractivity contribution is -0.132. The Morgan fingerprint density at radius 3 is 2.47 bits per heavy atom. The Bertz CT molecular complexity index is 875. The molecule has 1 aliphatic carbocycles. The van der Waals surface area contributed by atoms with Gasteiger partial charge in [-0.2, -0.15) is 0 Å².